The van der Waals surface area contributed by atoms with Gasteiger partial charge in [0.05, 0.1) is 17.6 Å². The molecule has 0 atom stereocenters. The highest BCUT2D eigenvalue weighted by Crippen LogP contribution is 2.28. The quantitative estimate of drug-likeness (QED) is 0.507. The van der Waals surface area contributed by atoms with Crippen LogP contribution in [0.2, 0.25) is 0 Å². The second-order valence-electron chi connectivity index (χ2n) is 8.13. The fourth-order valence-corrected chi connectivity index (χ4v) is 4.16. The molecule has 2 rings (SSSR count). The first-order valence-electron chi connectivity index (χ1n) is 9.63. The van der Waals surface area contributed by atoms with Crippen molar-refractivity contribution in [3.8, 4) is 0 Å². The highest BCUT2D eigenvalue weighted by molar-refractivity contribution is 7.89. The van der Waals surface area contributed by atoms with E-state index in [-0.39, 0.29) is 23.6 Å². The van der Waals surface area contributed by atoms with E-state index in [2.05, 4.69) is 9.46 Å². The van der Waals surface area contributed by atoms with Crippen LogP contribution in [0.15, 0.2) is 23.1 Å². The zero-order valence-electron chi connectivity index (χ0n) is 17.6. The molecule has 1 N–H and O–H groups in total. The van der Waals surface area contributed by atoms with Crippen molar-refractivity contribution in [2.24, 2.45) is 0 Å². The molecule has 0 saturated heterocycles. The van der Waals surface area contributed by atoms with Gasteiger partial charge in [0.25, 0.3) is 0 Å². The van der Waals surface area contributed by atoms with Gasteiger partial charge in [0.2, 0.25) is 10.0 Å². The Bertz CT molecular complexity index is 856. The van der Waals surface area contributed by atoms with Gasteiger partial charge in [-0.1, -0.05) is 0 Å². The van der Waals surface area contributed by atoms with Crippen molar-refractivity contribution in [1.29, 1.82) is 0 Å². The first-order chi connectivity index (χ1) is 13.4. The van der Waals surface area contributed by atoms with Crippen LogP contribution >= 0.6 is 0 Å². The number of carbonyl (C=O) groups is 2. The molecule has 162 valence electrons. The van der Waals surface area contributed by atoms with E-state index in [0.29, 0.717) is 24.1 Å². The summed E-state index contributed by atoms with van der Waals surface area (Å²) in [7, 11) is -2.46. The molecule has 1 aliphatic rings. The lowest BCUT2D eigenvalue weighted by Gasteiger charge is -2.27. The molecule has 0 aliphatic heterocycles. The van der Waals surface area contributed by atoms with E-state index < -0.39 is 21.6 Å². The van der Waals surface area contributed by atoms with Crippen molar-refractivity contribution in [2.75, 3.05) is 20.2 Å². The summed E-state index contributed by atoms with van der Waals surface area (Å²) in [5.74, 6) is -0.521. The maximum absolute atomic E-state index is 12.6. The lowest BCUT2D eigenvalue weighted by Crippen LogP contribution is -2.39. The van der Waals surface area contributed by atoms with Gasteiger partial charge in [-0.15, -0.1) is 0 Å². The molecule has 1 aliphatic carbocycles. The Morgan fingerprint density at radius 2 is 1.90 bits per heavy atom. The zero-order chi connectivity index (χ0) is 21.8. The van der Waals surface area contributed by atoms with Gasteiger partial charge >= 0.3 is 12.1 Å². The number of ether oxygens (including phenoxy) is 2. The minimum atomic E-state index is -3.73. The molecule has 8 nitrogen and oxygen atoms in total. The van der Waals surface area contributed by atoms with E-state index in [1.807, 2.05) is 20.8 Å². The van der Waals surface area contributed by atoms with E-state index in [4.69, 9.17) is 4.74 Å². The fraction of sp³-hybridized carbons (Fsp3) is 0.600. The first-order valence-corrected chi connectivity index (χ1v) is 11.1. The average Bonchev–Trinajstić information content (AvgIpc) is 3.43. The standard InChI is InChI=1S/C20H30N2O6S/c1-14-13-15(18(23)27-5)7-10-17(14)29(25,26)21-11-6-12-22(16-8-9-16)19(24)28-20(2,3)4/h7,10,13,16,21H,6,8-9,11-12H2,1-5H3. The summed E-state index contributed by atoms with van der Waals surface area (Å²) in [5.41, 5.74) is 0.176. The lowest BCUT2D eigenvalue weighted by molar-refractivity contribution is 0.0232. The van der Waals surface area contributed by atoms with Crippen molar-refractivity contribution in [3.63, 3.8) is 0 Å². The number of nitrogens with one attached hydrogen (secondary N) is 1. The van der Waals surface area contributed by atoms with Gasteiger partial charge in [0.1, 0.15) is 5.60 Å². The van der Waals surface area contributed by atoms with Gasteiger partial charge in [-0.2, -0.15) is 0 Å². The molecule has 1 saturated carbocycles. The predicted molar refractivity (Wildman–Crippen MR) is 108 cm³/mol. The predicted octanol–water partition coefficient (Wildman–Crippen LogP) is 2.85. The molecule has 1 aromatic carbocycles. The molecule has 0 aromatic heterocycles. The fourth-order valence-electron chi connectivity index (χ4n) is 2.86. The van der Waals surface area contributed by atoms with Crippen LogP contribution in [0.3, 0.4) is 0 Å². The van der Waals surface area contributed by atoms with Crippen molar-refractivity contribution < 1.29 is 27.5 Å². The van der Waals surface area contributed by atoms with E-state index in [0.717, 1.165) is 12.8 Å². The molecule has 9 heteroatoms. The third-order valence-corrected chi connectivity index (χ3v) is 5.99. The number of amides is 1. The Kier molecular flexibility index (Phi) is 7.29. The van der Waals surface area contributed by atoms with Crippen LogP contribution in [0.1, 0.15) is 56.0 Å². The van der Waals surface area contributed by atoms with E-state index >= 15 is 0 Å². The van der Waals surface area contributed by atoms with Crippen molar-refractivity contribution in [1.82, 2.24) is 9.62 Å². The van der Waals surface area contributed by atoms with Gasteiger partial charge in [0.15, 0.2) is 0 Å². The van der Waals surface area contributed by atoms with Gasteiger partial charge in [-0.05, 0) is 70.7 Å². The topological polar surface area (TPSA) is 102 Å². The van der Waals surface area contributed by atoms with Gasteiger partial charge in [-0.3, -0.25) is 0 Å². The smallest absolute Gasteiger partial charge is 0.410 e. The zero-order valence-corrected chi connectivity index (χ0v) is 18.5. The van der Waals surface area contributed by atoms with Gasteiger partial charge in [-0.25, -0.2) is 22.7 Å². The third kappa shape index (κ3) is 6.71. The SMILES string of the molecule is COC(=O)c1ccc(S(=O)(=O)NCCCN(C(=O)OC(C)(C)C)C2CC2)c(C)c1. The second-order valence-corrected chi connectivity index (χ2v) is 9.86. The number of carbonyl (C=O) groups excluding carboxylic acids is 2. The Hall–Kier alpha value is -2.13. The highest BCUT2D eigenvalue weighted by Gasteiger charge is 2.34. The molecular formula is C20H30N2O6S. The van der Waals surface area contributed by atoms with Crippen LogP contribution in [-0.2, 0) is 19.5 Å². The van der Waals surface area contributed by atoms with Crippen LogP contribution in [0.25, 0.3) is 0 Å². The number of benzene rings is 1. The van der Waals surface area contributed by atoms with Crippen molar-refractivity contribution >= 4 is 22.1 Å². The molecule has 29 heavy (non-hydrogen) atoms. The summed E-state index contributed by atoms with van der Waals surface area (Å²) in [6.45, 7) is 7.68. The molecular weight excluding hydrogens is 396 g/mol. The number of sulfonamides is 1. The number of nitrogens with zero attached hydrogens (tertiary/aromatic N) is 1. The summed E-state index contributed by atoms with van der Waals surface area (Å²) in [6.07, 6.45) is 1.99. The van der Waals surface area contributed by atoms with Crippen LogP contribution < -0.4 is 4.72 Å². The molecule has 0 heterocycles. The summed E-state index contributed by atoms with van der Waals surface area (Å²) < 4.78 is 37.8. The van der Waals surface area contributed by atoms with E-state index in [1.54, 1.807) is 11.8 Å². The second kappa shape index (κ2) is 9.13. The average molecular weight is 427 g/mol. The normalized spacial score (nSPS) is 14.4. The first kappa shape index (κ1) is 23.2. The molecule has 1 fully saturated rings. The Morgan fingerprint density at radius 3 is 2.41 bits per heavy atom. The Labute approximate surface area is 172 Å². The maximum atomic E-state index is 12.6. The molecule has 0 bridgehead atoms. The third-order valence-electron chi connectivity index (χ3n) is 4.37. The van der Waals surface area contributed by atoms with Crippen molar-refractivity contribution in [2.45, 2.75) is 63.5 Å². The minimum absolute atomic E-state index is 0.108. The number of methoxy groups -OCH3 is 1. The van der Waals surface area contributed by atoms with Crippen LogP contribution in [-0.4, -0.2) is 57.2 Å². The number of esters is 1. The molecule has 1 aromatic rings. The van der Waals surface area contributed by atoms with Crippen LogP contribution in [0.5, 0.6) is 0 Å². The number of rotatable bonds is 8. The van der Waals surface area contributed by atoms with Crippen LogP contribution in [0.4, 0.5) is 4.79 Å². The number of aryl methyl sites for hydroxylation is 1. The number of hydrogen-bond donors (Lipinski definition) is 1. The summed E-state index contributed by atoms with van der Waals surface area (Å²) in [4.78, 5) is 25.7. The van der Waals surface area contributed by atoms with Gasteiger partial charge in [0, 0.05) is 19.1 Å². The summed E-state index contributed by atoms with van der Waals surface area (Å²) in [6, 6.07) is 4.47. The monoisotopic (exact) mass is 426 g/mol. The minimum Gasteiger partial charge on any atom is -0.465 e. The maximum Gasteiger partial charge on any atom is 0.410 e. The number of hydrogen-bond acceptors (Lipinski definition) is 6. The van der Waals surface area contributed by atoms with Gasteiger partial charge < -0.3 is 14.4 Å². The summed E-state index contributed by atoms with van der Waals surface area (Å²) in [5, 5.41) is 0. The molecule has 0 unspecified atom stereocenters. The molecule has 0 spiro atoms. The van der Waals surface area contributed by atoms with E-state index in [9.17, 15) is 18.0 Å². The lowest BCUT2D eigenvalue weighted by atomic mass is 10.1. The Morgan fingerprint density at radius 1 is 1.24 bits per heavy atom. The molecule has 0 radical (unpaired) electrons. The molecule has 1 amide bonds. The largest absolute Gasteiger partial charge is 0.465 e. The van der Waals surface area contributed by atoms with Crippen molar-refractivity contribution in [3.05, 3.63) is 29.3 Å². The highest BCUT2D eigenvalue weighted by atomic mass is 32.2. The summed E-state index contributed by atoms with van der Waals surface area (Å²) >= 11 is 0. The van der Waals surface area contributed by atoms with Crippen LogP contribution in [0, 0.1) is 6.92 Å². The van der Waals surface area contributed by atoms with E-state index in [1.165, 1.54) is 25.3 Å². The Balaban J connectivity index is 1.93.